The quantitative estimate of drug-likeness (QED) is 0.865. The van der Waals surface area contributed by atoms with Crippen LogP contribution in [-0.4, -0.2) is 18.6 Å². The molecule has 2 heteroatoms. The standard InChI is InChI=1S/C18H30N2/c1-5-6-16-11-12-20(14-16)17-9-7-15(8-10-17)13-19-18(2,3)4/h7-10,16,19H,5-6,11-14H2,1-4H3. The molecule has 1 aliphatic rings. The Morgan fingerprint density at radius 1 is 1.20 bits per heavy atom. The molecule has 1 aliphatic heterocycles. The Morgan fingerprint density at radius 2 is 1.90 bits per heavy atom. The average Bonchev–Trinajstić information content (AvgIpc) is 2.85. The highest BCUT2D eigenvalue weighted by Crippen LogP contribution is 2.26. The third-order valence-corrected chi connectivity index (χ3v) is 4.11. The Balaban J connectivity index is 1.89. The summed E-state index contributed by atoms with van der Waals surface area (Å²) < 4.78 is 0. The van der Waals surface area contributed by atoms with Crippen LogP contribution in [0.5, 0.6) is 0 Å². The number of rotatable bonds is 5. The van der Waals surface area contributed by atoms with Gasteiger partial charge in [0.25, 0.3) is 0 Å². The minimum atomic E-state index is 0.182. The van der Waals surface area contributed by atoms with Gasteiger partial charge in [-0.05, 0) is 57.2 Å². The van der Waals surface area contributed by atoms with Crippen molar-refractivity contribution in [1.82, 2.24) is 5.32 Å². The van der Waals surface area contributed by atoms with Crippen molar-refractivity contribution >= 4 is 5.69 Å². The van der Waals surface area contributed by atoms with Crippen molar-refractivity contribution in [3.05, 3.63) is 29.8 Å². The van der Waals surface area contributed by atoms with Gasteiger partial charge in [0.2, 0.25) is 0 Å². The topological polar surface area (TPSA) is 15.3 Å². The molecule has 0 aliphatic carbocycles. The fourth-order valence-electron chi connectivity index (χ4n) is 2.90. The maximum atomic E-state index is 3.54. The maximum Gasteiger partial charge on any atom is 0.0366 e. The summed E-state index contributed by atoms with van der Waals surface area (Å²) in [6.45, 7) is 12.3. The second kappa shape index (κ2) is 6.62. The molecule has 2 nitrogen and oxygen atoms in total. The highest BCUT2D eigenvalue weighted by Gasteiger charge is 2.21. The minimum absolute atomic E-state index is 0.182. The summed E-state index contributed by atoms with van der Waals surface area (Å²) in [6, 6.07) is 9.10. The second-order valence-electron chi connectivity index (χ2n) is 7.16. The van der Waals surface area contributed by atoms with Crippen LogP contribution < -0.4 is 10.2 Å². The predicted octanol–water partition coefficient (Wildman–Crippen LogP) is 4.20. The molecule has 1 saturated heterocycles. The highest BCUT2D eigenvalue weighted by atomic mass is 15.1. The third kappa shape index (κ3) is 4.52. The molecule has 0 spiro atoms. The summed E-state index contributed by atoms with van der Waals surface area (Å²) in [5.41, 5.74) is 2.94. The van der Waals surface area contributed by atoms with Crippen LogP contribution in [0.1, 0.15) is 52.5 Å². The molecule has 1 aromatic carbocycles. The molecular weight excluding hydrogens is 244 g/mol. The Bertz CT molecular complexity index is 402. The lowest BCUT2D eigenvalue weighted by Gasteiger charge is -2.22. The monoisotopic (exact) mass is 274 g/mol. The molecule has 0 amide bonds. The molecule has 0 bridgehead atoms. The van der Waals surface area contributed by atoms with Crippen LogP contribution in [0.15, 0.2) is 24.3 Å². The van der Waals surface area contributed by atoms with Gasteiger partial charge in [0.1, 0.15) is 0 Å². The van der Waals surface area contributed by atoms with Gasteiger partial charge in [-0.15, -0.1) is 0 Å². The summed E-state index contributed by atoms with van der Waals surface area (Å²) in [7, 11) is 0. The largest absolute Gasteiger partial charge is 0.371 e. The van der Waals surface area contributed by atoms with E-state index in [0.29, 0.717) is 0 Å². The van der Waals surface area contributed by atoms with Gasteiger partial charge in [-0.2, -0.15) is 0 Å². The number of hydrogen-bond acceptors (Lipinski definition) is 2. The van der Waals surface area contributed by atoms with E-state index in [4.69, 9.17) is 0 Å². The molecule has 0 aromatic heterocycles. The lowest BCUT2D eigenvalue weighted by molar-refractivity contribution is 0.424. The van der Waals surface area contributed by atoms with Crippen LogP contribution in [-0.2, 0) is 6.54 Å². The molecule has 2 rings (SSSR count). The molecule has 0 saturated carbocycles. The van der Waals surface area contributed by atoms with Gasteiger partial charge >= 0.3 is 0 Å². The van der Waals surface area contributed by atoms with Crippen molar-refractivity contribution in [3.63, 3.8) is 0 Å². The molecule has 1 aromatic rings. The van der Waals surface area contributed by atoms with Gasteiger partial charge < -0.3 is 10.2 Å². The first-order valence-electron chi connectivity index (χ1n) is 8.07. The fourth-order valence-corrected chi connectivity index (χ4v) is 2.90. The van der Waals surface area contributed by atoms with Crippen LogP contribution in [0.2, 0.25) is 0 Å². The number of benzene rings is 1. The van der Waals surface area contributed by atoms with E-state index >= 15 is 0 Å². The summed E-state index contributed by atoms with van der Waals surface area (Å²) in [4.78, 5) is 2.54. The highest BCUT2D eigenvalue weighted by molar-refractivity contribution is 5.48. The first-order chi connectivity index (χ1) is 9.48. The molecule has 20 heavy (non-hydrogen) atoms. The molecule has 1 heterocycles. The Kier molecular flexibility index (Phi) is 5.09. The molecular formula is C18H30N2. The average molecular weight is 274 g/mol. The van der Waals surface area contributed by atoms with E-state index in [9.17, 15) is 0 Å². The van der Waals surface area contributed by atoms with Gasteiger partial charge in [0.05, 0.1) is 0 Å². The third-order valence-electron chi connectivity index (χ3n) is 4.11. The van der Waals surface area contributed by atoms with Gasteiger partial charge in [0, 0.05) is 30.9 Å². The smallest absolute Gasteiger partial charge is 0.0366 e. The van der Waals surface area contributed by atoms with Gasteiger partial charge in [-0.25, -0.2) is 0 Å². The normalized spacial score (nSPS) is 19.6. The molecule has 1 atom stereocenters. The SMILES string of the molecule is CCCC1CCN(c2ccc(CNC(C)(C)C)cc2)C1. The Hall–Kier alpha value is -1.02. The van der Waals surface area contributed by atoms with Crippen molar-refractivity contribution in [3.8, 4) is 0 Å². The van der Waals surface area contributed by atoms with E-state index in [0.717, 1.165) is 12.5 Å². The van der Waals surface area contributed by atoms with E-state index in [-0.39, 0.29) is 5.54 Å². The van der Waals surface area contributed by atoms with Crippen LogP contribution in [0.25, 0.3) is 0 Å². The summed E-state index contributed by atoms with van der Waals surface area (Å²) in [5.74, 6) is 0.905. The molecule has 0 radical (unpaired) electrons. The van der Waals surface area contributed by atoms with Crippen LogP contribution in [0, 0.1) is 5.92 Å². The molecule has 1 N–H and O–H groups in total. The van der Waals surface area contributed by atoms with Crippen molar-refractivity contribution in [2.24, 2.45) is 5.92 Å². The number of anilines is 1. The Labute approximate surface area is 124 Å². The van der Waals surface area contributed by atoms with Crippen LogP contribution in [0.3, 0.4) is 0 Å². The zero-order chi connectivity index (χ0) is 14.6. The zero-order valence-corrected chi connectivity index (χ0v) is 13.6. The van der Waals surface area contributed by atoms with Crippen molar-refractivity contribution in [2.75, 3.05) is 18.0 Å². The number of nitrogens with one attached hydrogen (secondary N) is 1. The number of nitrogens with zero attached hydrogens (tertiary/aromatic N) is 1. The molecule has 1 unspecified atom stereocenters. The van der Waals surface area contributed by atoms with Crippen LogP contribution >= 0.6 is 0 Å². The Morgan fingerprint density at radius 3 is 2.50 bits per heavy atom. The van der Waals surface area contributed by atoms with Crippen molar-refractivity contribution in [2.45, 2.75) is 59.0 Å². The summed E-state index contributed by atoms with van der Waals surface area (Å²) in [5, 5.41) is 3.54. The molecule has 112 valence electrons. The van der Waals surface area contributed by atoms with Gasteiger partial charge in [-0.1, -0.05) is 25.5 Å². The lowest BCUT2D eigenvalue weighted by atomic mass is 10.0. The molecule has 1 fully saturated rings. The zero-order valence-electron chi connectivity index (χ0n) is 13.6. The van der Waals surface area contributed by atoms with E-state index in [1.807, 2.05) is 0 Å². The number of hydrogen-bond donors (Lipinski definition) is 1. The maximum absolute atomic E-state index is 3.54. The first kappa shape index (κ1) is 15.4. The first-order valence-corrected chi connectivity index (χ1v) is 8.07. The summed E-state index contributed by atoms with van der Waals surface area (Å²) >= 11 is 0. The van der Waals surface area contributed by atoms with E-state index in [2.05, 4.69) is 62.2 Å². The van der Waals surface area contributed by atoms with Crippen molar-refractivity contribution < 1.29 is 0 Å². The van der Waals surface area contributed by atoms with Gasteiger partial charge in [0.15, 0.2) is 0 Å². The minimum Gasteiger partial charge on any atom is -0.371 e. The van der Waals surface area contributed by atoms with E-state index in [1.165, 1.54) is 43.6 Å². The van der Waals surface area contributed by atoms with Crippen molar-refractivity contribution in [1.29, 1.82) is 0 Å². The van der Waals surface area contributed by atoms with E-state index < -0.39 is 0 Å². The fraction of sp³-hybridized carbons (Fsp3) is 0.667. The second-order valence-corrected chi connectivity index (χ2v) is 7.16. The van der Waals surface area contributed by atoms with Gasteiger partial charge in [-0.3, -0.25) is 0 Å². The predicted molar refractivity (Wildman–Crippen MR) is 88.3 cm³/mol. The van der Waals surface area contributed by atoms with E-state index in [1.54, 1.807) is 0 Å². The lowest BCUT2D eigenvalue weighted by Crippen LogP contribution is -2.35. The van der Waals surface area contributed by atoms with Crippen LogP contribution in [0.4, 0.5) is 5.69 Å². The summed E-state index contributed by atoms with van der Waals surface area (Å²) in [6.07, 6.45) is 4.06.